The molecule has 110 valence electrons. The normalized spacial score (nSPS) is 15.4. The molecule has 4 N–H and O–H groups in total. The lowest BCUT2D eigenvalue weighted by Crippen LogP contribution is -2.40. The van der Waals surface area contributed by atoms with Gasteiger partial charge in [-0.05, 0) is 31.0 Å². The van der Waals surface area contributed by atoms with Gasteiger partial charge in [0.15, 0.2) is 0 Å². The van der Waals surface area contributed by atoms with Gasteiger partial charge in [0.05, 0.1) is 6.54 Å². The minimum atomic E-state index is -0.305. The van der Waals surface area contributed by atoms with E-state index in [1.807, 2.05) is 18.2 Å². The number of aromatic nitrogens is 1. The first-order valence-corrected chi connectivity index (χ1v) is 7.34. The van der Waals surface area contributed by atoms with E-state index in [0.717, 1.165) is 29.3 Å². The molecular weight excluding hydrogens is 264 g/mol. The molecule has 1 amide bonds. The van der Waals surface area contributed by atoms with E-state index in [9.17, 15) is 4.79 Å². The van der Waals surface area contributed by atoms with Gasteiger partial charge in [-0.25, -0.2) is 0 Å². The van der Waals surface area contributed by atoms with Crippen molar-refractivity contribution in [3.8, 4) is 0 Å². The second kappa shape index (κ2) is 5.60. The topological polar surface area (TPSA) is 85.2 Å². The molecule has 2 aromatic rings. The van der Waals surface area contributed by atoms with Crippen LogP contribution in [0.15, 0.2) is 30.6 Å². The lowest BCUT2D eigenvalue weighted by atomic mass is 10.1. The van der Waals surface area contributed by atoms with Crippen molar-refractivity contribution in [3.63, 3.8) is 0 Å². The van der Waals surface area contributed by atoms with Gasteiger partial charge in [-0.15, -0.1) is 0 Å². The van der Waals surface area contributed by atoms with Gasteiger partial charge in [-0.2, -0.15) is 0 Å². The van der Waals surface area contributed by atoms with Crippen molar-refractivity contribution in [2.45, 2.75) is 31.7 Å². The number of nitrogen functional groups attached to an aromatic ring is 1. The largest absolute Gasteiger partial charge is 0.398 e. The molecule has 0 bridgehead atoms. The third kappa shape index (κ3) is 2.63. The molecule has 0 aliphatic heterocycles. The highest BCUT2D eigenvalue weighted by Crippen LogP contribution is 2.34. The number of hydrogen-bond acceptors (Lipinski definition) is 4. The number of hydrogen-bond donors (Lipinski definition) is 2. The standard InChI is InChI=1S/C16H20N4O/c17-14-5-6-15(12-7-8-19-9-13(12)14)20(10-16(18)21)11-3-1-2-4-11/h5-9,11H,1-4,10,17H2,(H2,18,21). The van der Waals surface area contributed by atoms with Crippen LogP contribution in [0.5, 0.6) is 0 Å². The smallest absolute Gasteiger partial charge is 0.236 e. The van der Waals surface area contributed by atoms with Gasteiger partial charge in [0.1, 0.15) is 0 Å². The Morgan fingerprint density at radius 3 is 2.71 bits per heavy atom. The number of benzene rings is 1. The molecule has 0 atom stereocenters. The summed E-state index contributed by atoms with van der Waals surface area (Å²) in [6, 6.07) is 6.18. The zero-order chi connectivity index (χ0) is 14.8. The average molecular weight is 284 g/mol. The molecule has 1 saturated carbocycles. The number of nitrogens with two attached hydrogens (primary N) is 2. The third-order valence-electron chi connectivity index (χ3n) is 4.23. The molecule has 0 saturated heterocycles. The Morgan fingerprint density at radius 2 is 2.00 bits per heavy atom. The second-order valence-corrected chi connectivity index (χ2v) is 5.63. The first kappa shape index (κ1) is 13.7. The van der Waals surface area contributed by atoms with Crippen molar-refractivity contribution in [3.05, 3.63) is 30.6 Å². The fourth-order valence-corrected chi connectivity index (χ4v) is 3.24. The Hall–Kier alpha value is -2.30. The van der Waals surface area contributed by atoms with Gasteiger partial charge in [0.25, 0.3) is 0 Å². The summed E-state index contributed by atoms with van der Waals surface area (Å²) >= 11 is 0. The number of anilines is 2. The molecule has 3 rings (SSSR count). The summed E-state index contributed by atoms with van der Waals surface area (Å²) in [6.07, 6.45) is 8.13. The van der Waals surface area contributed by atoms with Crippen LogP contribution in [0.4, 0.5) is 11.4 Å². The molecule has 1 aliphatic rings. The van der Waals surface area contributed by atoms with Crippen LogP contribution in [0, 0.1) is 0 Å². The summed E-state index contributed by atoms with van der Waals surface area (Å²) in [4.78, 5) is 17.8. The Kier molecular flexibility index (Phi) is 3.64. The SMILES string of the molecule is NC(=O)CN(c1ccc(N)c2cnccc12)C1CCCC1. The number of amides is 1. The van der Waals surface area contributed by atoms with Gasteiger partial charge in [-0.1, -0.05) is 12.8 Å². The van der Waals surface area contributed by atoms with Gasteiger partial charge in [0, 0.05) is 40.6 Å². The molecule has 0 unspecified atom stereocenters. The summed E-state index contributed by atoms with van der Waals surface area (Å²) in [5, 5.41) is 1.95. The van der Waals surface area contributed by atoms with Crippen LogP contribution in [0.3, 0.4) is 0 Å². The van der Waals surface area contributed by atoms with Crippen molar-refractivity contribution < 1.29 is 4.79 Å². The van der Waals surface area contributed by atoms with E-state index in [-0.39, 0.29) is 12.5 Å². The van der Waals surface area contributed by atoms with Crippen LogP contribution < -0.4 is 16.4 Å². The summed E-state index contributed by atoms with van der Waals surface area (Å²) in [5.41, 5.74) is 13.2. The molecule has 1 aromatic carbocycles. The van der Waals surface area contributed by atoms with Crippen LogP contribution in [0.25, 0.3) is 10.8 Å². The highest BCUT2D eigenvalue weighted by molar-refractivity contribution is 6.01. The van der Waals surface area contributed by atoms with Crippen molar-refractivity contribution in [1.82, 2.24) is 4.98 Å². The minimum absolute atomic E-state index is 0.242. The maximum atomic E-state index is 11.5. The molecule has 5 heteroatoms. The number of carbonyl (C=O) groups is 1. The fourth-order valence-electron chi connectivity index (χ4n) is 3.24. The predicted octanol–water partition coefficient (Wildman–Crippen LogP) is 2.05. The monoisotopic (exact) mass is 284 g/mol. The lowest BCUT2D eigenvalue weighted by molar-refractivity contribution is -0.116. The third-order valence-corrected chi connectivity index (χ3v) is 4.23. The molecular formula is C16H20N4O. The molecule has 21 heavy (non-hydrogen) atoms. The van der Waals surface area contributed by atoms with Gasteiger partial charge in [-0.3, -0.25) is 9.78 Å². The van der Waals surface area contributed by atoms with E-state index in [2.05, 4.69) is 9.88 Å². The second-order valence-electron chi connectivity index (χ2n) is 5.63. The summed E-state index contributed by atoms with van der Waals surface area (Å²) in [6.45, 7) is 0.242. The molecule has 1 heterocycles. The van der Waals surface area contributed by atoms with Crippen LogP contribution in [0.1, 0.15) is 25.7 Å². The van der Waals surface area contributed by atoms with Crippen molar-refractivity contribution in [2.24, 2.45) is 5.73 Å². The fraction of sp³-hybridized carbons (Fsp3) is 0.375. The van der Waals surface area contributed by atoms with Crippen LogP contribution in [-0.2, 0) is 4.79 Å². The number of nitrogens with zero attached hydrogens (tertiary/aromatic N) is 2. The summed E-state index contributed by atoms with van der Waals surface area (Å²) < 4.78 is 0. The van der Waals surface area contributed by atoms with Gasteiger partial charge >= 0.3 is 0 Å². The molecule has 5 nitrogen and oxygen atoms in total. The summed E-state index contributed by atoms with van der Waals surface area (Å²) in [7, 11) is 0. The molecule has 0 radical (unpaired) electrons. The Morgan fingerprint density at radius 1 is 1.24 bits per heavy atom. The highest BCUT2D eigenvalue weighted by atomic mass is 16.1. The van der Waals surface area contributed by atoms with Crippen LogP contribution in [0.2, 0.25) is 0 Å². The maximum absolute atomic E-state index is 11.5. The van der Waals surface area contributed by atoms with Crippen molar-refractivity contribution in [1.29, 1.82) is 0 Å². The van der Waals surface area contributed by atoms with E-state index in [0.29, 0.717) is 11.7 Å². The molecule has 1 aliphatic carbocycles. The number of rotatable bonds is 4. The zero-order valence-corrected chi connectivity index (χ0v) is 12.0. The van der Waals surface area contributed by atoms with E-state index in [1.54, 1.807) is 12.4 Å². The Labute approximate surface area is 123 Å². The Balaban J connectivity index is 2.10. The van der Waals surface area contributed by atoms with E-state index in [1.165, 1.54) is 12.8 Å². The zero-order valence-electron chi connectivity index (χ0n) is 12.0. The van der Waals surface area contributed by atoms with E-state index in [4.69, 9.17) is 11.5 Å². The van der Waals surface area contributed by atoms with Crippen molar-refractivity contribution >= 4 is 28.1 Å². The van der Waals surface area contributed by atoms with Crippen LogP contribution >= 0.6 is 0 Å². The quantitative estimate of drug-likeness (QED) is 0.841. The molecule has 1 fully saturated rings. The molecule has 1 aromatic heterocycles. The predicted molar refractivity (Wildman–Crippen MR) is 85.0 cm³/mol. The van der Waals surface area contributed by atoms with E-state index >= 15 is 0 Å². The number of primary amides is 1. The van der Waals surface area contributed by atoms with Crippen molar-refractivity contribution in [2.75, 3.05) is 17.2 Å². The average Bonchev–Trinajstić information content (AvgIpc) is 3.00. The van der Waals surface area contributed by atoms with Gasteiger partial charge < -0.3 is 16.4 Å². The minimum Gasteiger partial charge on any atom is -0.398 e. The number of carbonyl (C=O) groups excluding carboxylic acids is 1. The Bertz CT molecular complexity index is 664. The van der Waals surface area contributed by atoms with Crippen LogP contribution in [-0.4, -0.2) is 23.5 Å². The first-order chi connectivity index (χ1) is 10.2. The van der Waals surface area contributed by atoms with Gasteiger partial charge in [0.2, 0.25) is 5.91 Å². The number of fused-ring (bicyclic) bond motifs is 1. The molecule has 0 spiro atoms. The maximum Gasteiger partial charge on any atom is 0.236 e. The number of pyridine rings is 1. The van der Waals surface area contributed by atoms with E-state index < -0.39 is 0 Å². The highest BCUT2D eigenvalue weighted by Gasteiger charge is 2.25. The summed E-state index contributed by atoms with van der Waals surface area (Å²) in [5.74, 6) is -0.305. The lowest BCUT2D eigenvalue weighted by Gasteiger charge is -2.31. The first-order valence-electron chi connectivity index (χ1n) is 7.34.